The van der Waals surface area contributed by atoms with Crippen molar-refractivity contribution in [2.24, 2.45) is 0 Å². The number of nitro benzene ring substituents is 1. The van der Waals surface area contributed by atoms with Gasteiger partial charge in [-0.15, -0.1) is 5.10 Å². The Morgan fingerprint density at radius 2 is 1.74 bits per heavy atom. The number of amides is 1. The molecule has 0 saturated carbocycles. The number of hydrogen-bond acceptors (Lipinski definition) is 8. The van der Waals surface area contributed by atoms with Crippen molar-refractivity contribution in [1.29, 1.82) is 0 Å². The highest BCUT2D eigenvalue weighted by atomic mass is 35.5. The average Bonchev–Trinajstić information content (AvgIpc) is 3.29. The van der Waals surface area contributed by atoms with Crippen molar-refractivity contribution in [2.45, 2.75) is 0 Å². The van der Waals surface area contributed by atoms with Crippen molar-refractivity contribution in [3.63, 3.8) is 0 Å². The molecule has 5 rings (SSSR count). The maximum atomic E-state index is 12.9. The Balaban J connectivity index is 1.34. The van der Waals surface area contributed by atoms with Crippen LogP contribution >= 0.6 is 23.2 Å². The zero-order valence-corrected chi connectivity index (χ0v) is 19.0. The van der Waals surface area contributed by atoms with Crippen LogP contribution in [0.25, 0.3) is 16.9 Å². The quantitative estimate of drug-likeness (QED) is 0.309. The molecule has 0 unspecified atom stereocenters. The van der Waals surface area contributed by atoms with Crippen LogP contribution in [0, 0.1) is 10.1 Å². The van der Waals surface area contributed by atoms with E-state index in [0.29, 0.717) is 48.2 Å². The van der Waals surface area contributed by atoms with Gasteiger partial charge in [-0.05, 0) is 36.4 Å². The Morgan fingerprint density at radius 3 is 2.44 bits per heavy atom. The smallest absolute Gasteiger partial charge is 0.288 e. The van der Waals surface area contributed by atoms with Gasteiger partial charge in [0.1, 0.15) is 11.3 Å². The predicted molar refractivity (Wildman–Crippen MR) is 126 cm³/mol. The van der Waals surface area contributed by atoms with E-state index in [4.69, 9.17) is 23.2 Å². The lowest BCUT2D eigenvalue weighted by atomic mass is 10.1. The highest BCUT2D eigenvalue weighted by Crippen LogP contribution is 2.27. The number of hydrogen-bond donors (Lipinski definition) is 0. The fourth-order valence-electron chi connectivity index (χ4n) is 3.81. The summed E-state index contributed by atoms with van der Waals surface area (Å²) in [6.45, 7) is 1.82. The molecule has 1 saturated heterocycles. The summed E-state index contributed by atoms with van der Waals surface area (Å²) in [6, 6.07) is 11.2. The first kappa shape index (κ1) is 22.0. The zero-order chi connectivity index (χ0) is 23.8. The third-order valence-electron chi connectivity index (χ3n) is 5.55. The minimum Gasteiger partial charge on any atom is -0.351 e. The van der Waals surface area contributed by atoms with Crippen molar-refractivity contribution < 1.29 is 9.72 Å². The molecule has 1 fully saturated rings. The Labute approximate surface area is 202 Å². The first-order chi connectivity index (χ1) is 16.4. The largest absolute Gasteiger partial charge is 0.351 e. The fourth-order valence-corrected chi connectivity index (χ4v) is 4.13. The van der Waals surface area contributed by atoms with Crippen LogP contribution in [0.4, 0.5) is 11.5 Å². The summed E-state index contributed by atoms with van der Waals surface area (Å²) < 4.78 is 1.62. The number of anilines is 1. The second kappa shape index (κ2) is 8.84. The number of carbonyl (C=O) groups excluding carboxylic acids is 1. The summed E-state index contributed by atoms with van der Waals surface area (Å²) in [5.74, 6) is 0.334. The Bertz CT molecular complexity index is 1400. The number of nitro groups is 1. The summed E-state index contributed by atoms with van der Waals surface area (Å²) >= 11 is 11.8. The molecule has 1 amide bonds. The molecule has 11 nitrogen and oxygen atoms in total. The standard InChI is InChI=1S/C21H16Cl2N8O3/c22-14-2-4-15(5-3-14)30-20-18(26-27-30)19(24-12-25-20)28-7-9-29(10-8-28)21(32)13-1-6-16(23)17(11-13)31(33)34/h1-6,11-12H,7-10H2. The van der Waals surface area contributed by atoms with Gasteiger partial charge in [0.05, 0.1) is 10.6 Å². The lowest BCUT2D eigenvalue weighted by Gasteiger charge is -2.35. The van der Waals surface area contributed by atoms with E-state index >= 15 is 0 Å². The third-order valence-corrected chi connectivity index (χ3v) is 6.12. The molecule has 1 aliphatic rings. The van der Waals surface area contributed by atoms with E-state index in [1.165, 1.54) is 24.5 Å². The molecule has 4 aromatic rings. The van der Waals surface area contributed by atoms with Crippen LogP contribution in [-0.2, 0) is 0 Å². The molecule has 0 spiro atoms. The maximum Gasteiger partial charge on any atom is 0.288 e. The predicted octanol–water partition coefficient (Wildman–Crippen LogP) is 3.39. The van der Waals surface area contributed by atoms with Gasteiger partial charge in [0.15, 0.2) is 17.0 Å². The summed E-state index contributed by atoms with van der Waals surface area (Å²) in [5.41, 5.74) is 1.80. The molecule has 172 valence electrons. The monoisotopic (exact) mass is 498 g/mol. The van der Waals surface area contributed by atoms with Crippen LogP contribution in [-0.4, -0.2) is 66.9 Å². The number of aromatic nitrogens is 5. The Hall–Kier alpha value is -3.83. The van der Waals surface area contributed by atoms with Crippen molar-refractivity contribution in [2.75, 3.05) is 31.1 Å². The van der Waals surface area contributed by atoms with E-state index in [0.717, 1.165) is 5.69 Å². The van der Waals surface area contributed by atoms with E-state index in [1.54, 1.807) is 21.7 Å². The number of rotatable bonds is 4. The average molecular weight is 499 g/mol. The van der Waals surface area contributed by atoms with E-state index in [9.17, 15) is 14.9 Å². The number of nitrogens with zero attached hydrogens (tertiary/aromatic N) is 8. The minimum absolute atomic E-state index is 0.00852. The molecule has 34 heavy (non-hydrogen) atoms. The van der Waals surface area contributed by atoms with Crippen molar-refractivity contribution in [1.82, 2.24) is 29.9 Å². The lowest BCUT2D eigenvalue weighted by Crippen LogP contribution is -2.49. The van der Waals surface area contributed by atoms with Crippen molar-refractivity contribution in [3.8, 4) is 5.69 Å². The van der Waals surface area contributed by atoms with Gasteiger partial charge in [-0.3, -0.25) is 14.9 Å². The molecule has 2 aromatic carbocycles. The van der Waals surface area contributed by atoms with Crippen molar-refractivity contribution in [3.05, 3.63) is 74.5 Å². The zero-order valence-electron chi connectivity index (χ0n) is 17.5. The fraction of sp³-hybridized carbons (Fsp3) is 0.190. The third kappa shape index (κ3) is 3.99. The number of fused-ring (bicyclic) bond motifs is 1. The highest BCUT2D eigenvalue weighted by Gasteiger charge is 2.27. The first-order valence-corrected chi connectivity index (χ1v) is 11.0. The van der Waals surface area contributed by atoms with E-state index < -0.39 is 4.92 Å². The van der Waals surface area contributed by atoms with Crippen LogP contribution in [0.3, 0.4) is 0 Å². The second-order valence-corrected chi connectivity index (χ2v) is 8.39. The SMILES string of the molecule is O=C(c1ccc(Cl)c([N+](=O)[O-])c1)N1CCN(c2ncnc3c2nnn3-c2ccc(Cl)cc2)CC1. The summed E-state index contributed by atoms with van der Waals surface area (Å²) in [5, 5.41) is 20.3. The van der Waals surface area contributed by atoms with Crippen molar-refractivity contribution >= 4 is 51.8 Å². The van der Waals surface area contributed by atoms with E-state index in [1.807, 2.05) is 17.0 Å². The number of carbonyl (C=O) groups is 1. The molecule has 0 atom stereocenters. The Morgan fingerprint density at radius 1 is 1.00 bits per heavy atom. The van der Waals surface area contributed by atoms with E-state index in [2.05, 4.69) is 20.3 Å². The summed E-state index contributed by atoms with van der Waals surface area (Å²) in [7, 11) is 0. The highest BCUT2D eigenvalue weighted by molar-refractivity contribution is 6.32. The van der Waals surface area contributed by atoms with Crippen LogP contribution in [0.2, 0.25) is 10.0 Å². The Kier molecular flexibility index (Phi) is 5.72. The van der Waals surface area contributed by atoms with Gasteiger partial charge in [-0.1, -0.05) is 28.4 Å². The lowest BCUT2D eigenvalue weighted by molar-refractivity contribution is -0.384. The van der Waals surface area contributed by atoms with Gasteiger partial charge in [-0.25, -0.2) is 9.97 Å². The van der Waals surface area contributed by atoms with Crippen LogP contribution in [0.5, 0.6) is 0 Å². The second-order valence-electron chi connectivity index (χ2n) is 7.55. The topological polar surface area (TPSA) is 123 Å². The number of halogens is 2. The number of benzene rings is 2. The normalized spacial score (nSPS) is 13.9. The molecule has 0 radical (unpaired) electrons. The minimum atomic E-state index is -0.603. The number of piperazine rings is 1. The van der Waals surface area contributed by atoms with Gasteiger partial charge in [-0.2, -0.15) is 4.68 Å². The van der Waals surface area contributed by atoms with Gasteiger partial charge in [0.25, 0.3) is 11.6 Å². The van der Waals surface area contributed by atoms with E-state index in [-0.39, 0.29) is 22.2 Å². The van der Waals surface area contributed by atoms with Gasteiger partial charge in [0, 0.05) is 42.8 Å². The van der Waals surface area contributed by atoms with Crippen LogP contribution in [0.1, 0.15) is 10.4 Å². The van der Waals surface area contributed by atoms with Gasteiger partial charge < -0.3 is 9.80 Å². The molecule has 0 N–H and O–H groups in total. The molecule has 3 heterocycles. The summed E-state index contributed by atoms with van der Waals surface area (Å²) in [6.07, 6.45) is 1.46. The first-order valence-electron chi connectivity index (χ1n) is 10.2. The molecule has 0 bridgehead atoms. The molecule has 0 aliphatic carbocycles. The molecule has 13 heteroatoms. The van der Waals surface area contributed by atoms with Gasteiger partial charge >= 0.3 is 0 Å². The van der Waals surface area contributed by atoms with Crippen LogP contribution in [0.15, 0.2) is 48.8 Å². The van der Waals surface area contributed by atoms with Gasteiger partial charge in [0.2, 0.25) is 0 Å². The molecule has 2 aromatic heterocycles. The molecule has 1 aliphatic heterocycles. The van der Waals surface area contributed by atoms with Crippen LogP contribution < -0.4 is 4.90 Å². The maximum absolute atomic E-state index is 12.9. The molecular weight excluding hydrogens is 483 g/mol. The molecular formula is C21H16Cl2N8O3. The summed E-state index contributed by atoms with van der Waals surface area (Å²) in [4.78, 5) is 35.9.